The Balaban J connectivity index is 2.63. The monoisotopic (exact) mass is 307 g/mol. The van der Waals surface area contributed by atoms with Gasteiger partial charge in [-0.3, -0.25) is 4.79 Å². The lowest BCUT2D eigenvalue weighted by Crippen LogP contribution is -2.35. The zero-order chi connectivity index (χ0) is 16.4. The Labute approximate surface area is 131 Å². The molecule has 0 aliphatic rings. The highest BCUT2D eigenvalue weighted by molar-refractivity contribution is 5.89. The fourth-order valence-corrected chi connectivity index (χ4v) is 2.26. The first kappa shape index (κ1) is 18.2. The number of aromatic carboxylic acids is 1. The number of aryl methyl sites for hydroxylation is 1. The largest absolute Gasteiger partial charge is 0.478 e. The number of methoxy groups -OCH3 is 1. The SMILES string of the molecule is CCCCN(CCOC)C(=O)CCc1ccccc1C(=O)O. The number of hydrogen-bond donors (Lipinski definition) is 1. The average Bonchev–Trinajstić information content (AvgIpc) is 2.53. The summed E-state index contributed by atoms with van der Waals surface area (Å²) in [6.45, 7) is 3.90. The van der Waals surface area contributed by atoms with Crippen molar-refractivity contribution in [1.29, 1.82) is 0 Å². The van der Waals surface area contributed by atoms with Gasteiger partial charge in [-0.25, -0.2) is 4.79 Å². The number of carbonyl (C=O) groups is 2. The van der Waals surface area contributed by atoms with Gasteiger partial charge in [0.05, 0.1) is 12.2 Å². The number of unbranched alkanes of at least 4 members (excludes halogenated alkanes) is 1. The summed E-state index contributed by atoms with van der Waals surface area (Å²) in [6.07, 6.45) is 2.74. The van der Waals surface area contributed by atoms with E-state index in [-0.39, 0.29) is 11.5 Å². The second-order valence-corrected chi connectivity index (χ2v) is 5.19. The molecule has 1 N–H and O–H groups in total. The minimum absolute atomic E-state index is 0.0469. The van der Waals surface area contributed by atoms with Crippen LogP contribution in [0.3, 0.4) is 0 Å². The van der Waals surface area contributed by atoms with Crippen LogP contribution in [0, 0.1) is 0 Å². The highest BCUT2D eigenvalue weighted by Crippen LogP contribution is 2.12. The van der Waals surface area contributed by atoms with E-state index in [1.165, 1.54) is 0 Å². The molecule has 0 atom stereocenters. The molecule has 0 saturated heterocycles. The number of ether oxygens (including phenoxy) is 1. The Bertz CT molecular complexity index is 479. The third-order valence-corrected chi connectivity index (χ3v) is 3.56. The third kappa shape index (κ3) is 5.85. The van der Waals surface area contributed by atoms with Crippen molar-refractivity contribution >= 4 is 11.9 Å². The fraction of sp³-hybridized carbons (Fsp3) is 0.529. The minimum atomic E-state index is -0.953. The summed E-state index contributed by atoms with van der Waals surface area (Å²) in [7, 11) is 1.62. The van der Waals surface area contributed by atoms with Crippen LogP contribution >= 0.6 is 0 Å². The molecule has 0 spiro atoms. The lowest BCUT2D eigenvalue weighted by atomic mass is 10.0. The maximum absolute atomic E-state index is 12.3. The van der Waals surface area contributed by atoms with Crippen molar-refractivity contribution in [3.63, 3.8) is 0 Å². The topological polar surface area (TPSA) is 66.8 Å². The molecule has 0 unspecified atom stereocenters. The van der Waals surface area contributed by atoms with Crippen LogP contribution in [0.25, 0.3) is 0 Å². The first-order valence-corrected chi connectivity index (χ1v) is 7.68. The molecule has 0 saturated carbocycles. The van der Waals surface area contributed by atoms with E-state index in [0.29, 0.717) is 31.6 Å². The number of amides is 1. The minimum Gasteiger partial charge on any atom is -0.478 e. The van der Waals surface area contributed by atoms with Gasteiger partial charge in [0.2, 0.25) is 5.91 Å². The van der Waals surface area contributed by atoms with Crippen molar-refractivity contribution in [3.8, 4) is 0 Å². The number of carbonyl (C=O) groups excluding carboxylic acids is 1. The maximum Gasteiger partial charge on any atom is 0.335 e. The summed E-state index contributed by atoms with van der Waals surface area (Å²) in [6, 6.07) is 6.83. The van der Waals surface area contributed by atoms with Gasteiger partial charge in [-0.1, -0.05) is 31.5 Å². The second-order valence-electron chi connectivity index (χ2n) is 5.19. The van der Waals surface area contributed by atoms with E-state index in [2.05, 4.69) is 6.92 Å². The molecule has 5 heteroatoms. The lowest BCUT2D eigenvalue weighted by Gasteiger charge is -2.22. The number of benzene rings is 1. The summed E-state index contributed by atoms with van der Waals surface area (Å²) in [5, 5.41) is 9.16. The van der Waals surface area contributed by atoms with Gasteiger partial charge >= 0.3 is 5.97 Å². The van der Waals surface area contributed by atoms with E-state index in [1.807, 2.05) is 0 Å². The molecule has 0 aliphatic carbocycles. The van der Waals surface area contributed by atoms with Gasteiger partial charge in [0.25, 0.3) is 0 Å². The number of carboxylic acids is 1. The molecule has 0 aliphatic heterocycles. The van der Waals surface area contributed by atoms with Crippen molar-refractivity contribution in [2.45, 2.75) is 32.6 Å². The molecule has 1 rings (SSSR count). The molecule has 1 aromatic carbocycles. The van der Waals surface area contributed by atoms with Gasteiger partial charge in [-0.15, -0.1) is 0 Å². The molecule has 0 aromatic heterocycles. The number of nitrogens with zero attached hydrogens (tertiary/aromatic N) is 1. The van der Waals surface area contributed by atoms with Crippen LogP contribution in [0.2, 0.25) is 0 Å². The summed E-state index contributed by atoms with van der Waals surface area (Å²) in [5.41, 5.74) is 0.970. The predicted molar refractivity (Wildman–Crippen MR) is 85.1 cm³/mol. The van der Waals surface area contributed by atoms with Crippen LogP contribution in [-0.4, -0.2) is 48.7 Å². The van der Waals surface area contributed by atoms with Gasteiger partial charge in [-0.05, 0) is 24.5 Å². The predicted octanol–water partition coefficient (Wildman–Crippen LogP) is 2.59. The normalized spacial score (nSPS) is 10.5. The Morgan fingerprint density at radius 3 is 2.59 bits per heavy atom. The summed E-state index contributed by atoms with van der Waals surface area (Å²) in [4.78, 5) is 25.3. The standard InChI is InChI=1S/C17H25NO4/c1-3-4-11-18(12-13-22-2)16(19)10-9-14-7-5-6-8-15(14)17(20)21/h5-8H,3-4,9-13H2,1-2H3,(H,20,21). The highest BCUT2D eigenvalue weighted by atomic mass is 16.5. The van der Waals surface area contributed by atoms with Crippen LogP contribution < -0.4 is 0 Å². The van der Waals surface area contributed by atoms with E-state index in [4.69, 9.17) is 9.84 Å². The van der Waals surface area contributed by atoms with E-state index in [1.54, 1.807) is 36.3 Å². The van der Waals surface area contributed by atoms with Gasteiger partial charge in [0, 0.05) is 26.6 Å². The first-order chi connectivity index (χ1) is 10.6. The van der Waals surface area contributed by atoms with Gasteiger partial charge in [0.1, 0.15) is 0 Å². The molecule has 0 radical (unpaired) electrons. The van der Waals surface area contributed by atoms with Crippen molar-refractivity contribution < 1.29 is 19.4 Å². The molecule has 5 nitrogen and oxygen atoms in total. The molecular weight excluding hydrogens is 282 g/mol. The fourth-order valence-electron chi connectivity index (χ4n) is 2.26. The van der Waals surface area contributed by atoms with E-state index in [0.717, 1.165) is 19.4 Å². The number of carboxylic acid groups (broad SMARTS) is 1. The molecule has 1 amide bonds. The summed E-state index contributed by atoms with van der Waals surface area (Å²) < 4.78 is 5.04. The quantitative estimate of drug-likeness (QED) is 0.721. The van der Waals surface area contributed by atoms with Crippen LogP contribution in [0.15, 0.2) is 24.3 Å². The van der Waals surface area contributed by atoms with Crippen LogP contribution in [0.1, 0.15) is 42.1 Å². The summed E-state index contributed by atoms with van der Waals surface area (Å²) >= 11 is 0. The van der Waals surface area contributed by atoms with Crippen molar-refractivity contribution in [2.24, 2.45) is 0 Å². The molecule has 1 aromatic rings. The molecule has 0 fully saturated rings. The molecule has 0 heterocycles. The maximum atomic E-state index is 12.3. The Morgan fingerprint density at radius 1 is 1.23 bits per heavy atom. The van der Waals surface area contributed by atoms with E-state index in [9.17, 15) is 9.59 Å². The Morgan fingerprint density at radius 2 is 1.95 bits per heavy atom. The summed E-state index contributed by atoms with van der Waals surface area (Å²) in [5.74, 6) is -0.907. The number of rotatable bonds is 10. The smallest absolute Gasteiger partial charge is 0.335 e. The van der Waals surface area contributed by atoms with Crippen molar-refractivity contribution in [2.75, 3.05) is 26.8 Å². The first-order valence-electron chi connectivity index (χ1n) is 7.68. The van der Waals surface area contributed by atoms with Crippen LogP contribution in [0.5, 0.6) is 0 Å². The average molecular weight is 307 g/mol. The zero-order valence-corrected chi connectivity index (χ0v) is 13.4. The van der Waals surface area contributed by atoms with Gasteiger partial charge < -0.3 is 14.7 Å². The highest BCUT2D eigenvalue weighted by Gasteiger charge is 2.15. The van der Waals surface area contributed by atoms with Crippen LogP contribution in [-0.2, 0) is 16.0 Å². The van der Waals surface area contributed by atoms with Crippen LogP contribution in [0.4, 0.5) is 0 Å². The lowest BCUT2D eigenvalue weighted by molar-refractivity contribution is -0.131. The molecular formula is C17H25NO4. The van der Waals surface area contributed by atoms with Crippen molar-refractivity contribution in [3.05, 3.63) is 35.4 Å². The molecule has 22 heavy (non-hydrogen) atoms. The Kier molecular flexibility index (Phi) is 8.22. The third-order valence-electron chi connectivity index (χ3n) is 3.56. The zero-order valence-electron chi connectivity index (χ0n) is 13.4. The van der Waals surface area contributed by atoms with Gasteiger partial charge in [-0.2, -0.15) is 0 Å². The second kappa shape index (κ2) is 9.95. The van der Waals surface area contributed by atoms with Gasteiger partial charge in [0.15, 0.2) is 0 Å². The van der Waals surface area contributed by atoms with E-state index >= 15 is 0 Å². The Hall–Kier alpha value is -1.88. The van der Waals surface area contributed by atoms with E-state index < -0.39 is 5.97 Å². The molecule has 0 bridgehead atoms. The number of hydrogen-bond acceptors (Lipinski definition) is 3. The molecule has 122 valence electrons. The van der Waals surface area contributed by atoms with Crippen molar-refractivity contribution in [1.82, 2.24) is 4.90 Å².